The van der Waals surface area contributed by atoms with Crippen LogP contribution >= 0.6 is 0 Å². The maximum absolute atomic E-state index is 9.51. The summed E-state index contributed by atoms with van der Waals surface area (Å²) < 4.78 is 0. The summed E-state index contributed by atoms with van der Waals surface area (Å²) in [5.41, 5.74) is 0. The first-order chi connectivity index (χ1) is 6.68. The monoisotopic (exact) mass is 224 g/mol. The summed E-state index contributed by atoms with van der Waals surface area (Å²) in [5, 5.41) is 38.9. The van der Waals surface area contributed by atoms with Gasteiger partial charge in [0.1, 0.15) is 6.42 Å². The molecule has 0 bridgehead atoms. The maximum Gasteiger partial charge on any atom is 0.344 e. The number of carboxylic acids is 4. The second-order valence-corrected chi connectivity index (χ2v) is 2.04. The lowest BCUT2D eigenvalue weighted by Gasteiger charge is -1.93. The molecule has 0 aromatic carbocycles. The second-order valence-electron chi connectivity index (χ2n) is 2.04. The lowest BCUT2D eigenvalue weighted by molar-refractivity contribution is -0.161. The van der Waals surface area contributed by atoms with E-state index in [0.29, 0.717) is 0 Å². The van der Waals surface area contributed by atoms with E-state index >= 15 is 0 Å². The fourth-order valence-electron chi connectivity index (χ4n) is 0.235. The smallest absolute Gasteiger partial charge is 0.344 e. The fourth-order valence-corrected chi connectivity index (χ4v) is 0.235. The standard InChI is InChI=1S/C3H4O5.C3H4O4/c4-1(2(5)6)3(7)8;4-2(5)1-3(6)7/h1,4H,(H,5,6)(H,7,8);1H2,(H,4,5)(H,6,7). The molecule has 0 spiro atoms. The Hall–Kier alpha value is -2.16. The van der Waals surface area contributed by atoms with Crippen LogP contribution in [0.5, 0.6) is 0 Å². The molecule has 0 aliphatic rings. The molecule has 15 heavy (non-hydrogen) atoms. The second kappa shape index (κ2) is 7.26. The van der Waals surface area contributed by atoms with Gasteiger partial charge in [0.2, 0.25) is 6.10 Å². The van der Waals surface area contributed by atoms with E-state index < -0.39 is 36.4 Å². The van der Waals surface area contributed by atoms with Gasteiger partial charge in [0.15, 0.2) is 0 Å². The van der Waals surface area contributed by atoms with Gasteiger partial charge >= 0.3 is 23.9 Å². The molecule has 0 rings (SSSR count). The Morgan fingerprint density at radius 2 is 1.07 bits per heavy atom. The molecule has 0 amide bonds. The van der Waals surface area contributed by atoms with E-state index in [0.717, 1.165) is 0 Å². The molecule has 0 unspecified atom stereocenters. The van der Waals surface area contributed by atoms with Crippen molar-refractivity contribution in [1.29, 1.82) is 0 Å². The van der Waals surface area contributed by atoms with Crippen LogP contribution in [0.1, 0.15) is 6.42 Å². The highest BCUT2D eigenvalue weighted by Crippen LogP contribution is 1.79. The average molecular weight is 224 g/mol. The van der Waals surface area contributed by atoms with E-state index in [-0.39, 0.29) is 0 Å². The summed E-state index contributed by atoms with van der Waals surface area (Å²) in [4.78, 5) is 37.9. The molecular formula is C6H8O9. The minimum Gasteiger partial charge on any atom is -0.481 e. The van der Waals surface area contributed by atoms with Gasteiger partial charge in [0, 0.05) is 0 Å². The minimum absolute atomic E-state index is 0.806. The number of aliphatic carboxylic acids is 4. The lowest BCUT2D eigenvalue weighted by atomic mass is 10.4. The molecule has 0 heterocycles. The molecule has 9 heteroatoms. The number of carboxylic acid groups (broad SMARTS) is 4. The van der Waals surface area contributed by atoms with E-state index in [9.17, 15) is 19.2 Å². The molecule has 5 N–H and O–H groups in total. The molecule has 86 valence electrons. The highest BCUT2D eigenvalue weighted by atomic mass is 16.4. The van der Waals surface area contributed by atoms with Crippen LogP contribution in [-0.4, -0.2) is 55.5 Å². The number of aliphatic hydroxyl groups excluding tert-OH is 1. The van der Waals surface area contributed by atoms with Crippen molar-refractivity contribution in [2.24, 2.45) is 0 Å². The van der Waals surface area contributed by atoms with Gasteiger partial charge in [0.05, 0.1) is 0 Å². The van der Waals surface area contributed by atoms with E-state index in [4.69, 9.17) is 25.5 Å². The number of carbonyl (C=O) groups is 4. The number of hydrogen-bond donors (Lipinski definition) is 5. The summed E-state index contributed by atoms with van der Waals surface area (Å²) in [6.07, 6.45) is -3.10. The van der Waals surface area contributed by atoms with E-state index in [1.54, 1.807) is 0 Å². The Bertz CT molecular complexity index is 242. The zero-order chi connectivity index (χ0) is 12.6. The number of aliphatic hydroxyl groups is 1. The van der Waals surface area contributed by atoms with Gasteiger partial charge in [-0.15, -0.1) is 0 Å². The van der Waals surface area contributed by atoms with Crippen LogP contribution in [0.3, 0.4) is 0 Å². The Morgan fingerprint density at radius 1 is 0.800 bits per heavy atom. The first-order valence-corrected chi connectivity index (χ1v) is 3.25. The van der Waals surface area contributed by atoms with Gasteiger partial charge < -0.3 is 25.5 Å². The third-order valence-corrected chi connectivity index (χ3v) is 0.770. The van der Waals surface area contributed by atoms with Crippen LogP contribution in [0.2, 0.25) is 0 Å². The summed E-state index contributed by atoms with van der Waals surface area (Å²) in [6.45, 7) is 0. The van der Waals surface area contributed by atoms with Crippen molar-refractivity contribution < 1.29 is 44.7 Å². The van der Waals surface area contributed by atoms with Gasteiger partial charge in [-0.2, -0.15) is 0 Å². The van der Waals surface area contributed by atoms with E-state index in [1.165, 1.54) is 0 Å². The van der Waals surface area contributed by atoms with Crippen molar-refractivity contribution >= 4 is 23.9 Å². The molecular weight excluding hydrogens is 216 g/mol. The largest absolute Gasteiger partial charge is 0.481 e. The average Bonchev–Trinajstić information content (AvgIpc) is 2.00. The van der Waals surface area contributed by atoms with Crippen molar-refractivity contribution in [3.05, 3.63) is 0 Å². The number of rotatable bonds is 4. The summed E-state index contributed by atoms with van der Waals surface area (Å²) in [6, 6.07) is 0. The highest BCUT2D eigenvalue weighted by Gasteiger charge is 2.20. The molecule has 0 fully saturated rings. The lowest BCUT2D eigenvalue weighted by Crippen LogP contribution is -2.28. The van der Waals surface area contributed by atoms with E-state index in [2.05, 4.69) is 0 Å². The number of hydrogen-bond acceptors (Lipinski definition) is 5. The maximum atomic E-state index is 9.51. The molecule has 0 aromatic heterocycles. The Kier molecular flexibility index (Phi) is 7.42. The van der Waals surface area contributed by atoms with Gasteiger partial charge in [-0.25, -0.2) is 9.59 Å². The quantitative estimate of drug-likeness (QED) is 0.341. The molecule has 0 radical (unpaired) electrons. The van der Waals surface area contributed by atoms with Crippen LogP contribution in [-0.2, 0) is 19.2 Å². The van der Waals surface area contributed by atoms with E-state index in [1.807, 2.05) is 0 Å². The molecule has 0 saturated heterocycles. The summed E-state index contributed by atoms with van der Waals surface area (Å²) in [5.74, 6) is -6.13. The topological polar surface area (TPSA) is 169 Å². The van der Waals surface area contributed by atoms with Crippen LogP contribution in [0.4, 0.5) is 0 Å². The van der Waals surface area contributed by atoms with Crippen molar-refractivity contribution in [3.63, 3.8) is 0 Å². The molecule has 9 nitrogen and oxygen atoms in total. The Morgan fingerprint density at radius 3 is 1.07 bits per heavy atom. The highest BCUT2D eigenvalue weighted by molar-refractivity contribution is 5.95. The van der Waals surface area contributed by atoms with Crippen molar-refractivity contribution in [1.82, 2.24) is 0 Å². The van der Waals surface area contributed by atoms with Gasteiger partial charge in [-0.3, -0.25) is 9.59 Å². The third-order valence-electron chi connectivity index (χ3n) is 0.770. The van der Waals surface area contributed by atoms with Crippen molar-refractivity contribution in [2.75, 3.05) is 0 Å². The normalized spacial score (nSPS) is 8.67. The SMILES string of the molecule is O=C(O)C(O)C(=O)O.O=C(O)CC(=O)O. The van der Waals surface area contributed by atoms with Gasteiger partial charge in [-0.1, -0.05) is 0 Å². The van der Waals surface area contributed by atoms with Gasteiger partial charge in [0.25, 0.3) is 0 Å². The minimum atomic E-state index is -2.30. The first kappa shape index (κ1) is 15.3. The first-order valence-electron chi connectivity index (χ1n) is 3.25. The predicted octanol–water partition coefficient (Wildman–Crippen LogP) is -1.94. The van der Waals surface area contributed by atoms with Crippen LogP contribution < -0.4 is 0 Å². The van der Waals surface area contributed by atoms with Crippen LogP contribution in [0.15, 0.2) is 0 Å². The third kappa shape index (κ3) is 11.8. The summed E-state index contributed by atoms with van der Waals surface area (Å²) in [7, 11) is 0. The van der Waals surface area contributed by atoms with Crippen LogP contribution in [0.25, 0.3) is 0 Å². The van der Waals surface area contributed by atoms with Gasteiger partial charge in [-0.05, 0) is 0 Å². The Balaban J connectivity index is 0. The van der Waals surface area contributed by atoms with Crippen molar-refractivity contribution in [3.8, 4) is 0 Å². The zero-order valence-corrected chi connectivity index (χ0v) is 7.15. The summed E-state index contributed by atoms with van der Waals surface area (Å²) >= 11 is 0. The fraction of sp³-hybridized carbons (Fsp3) is 0.333. The molecule has 0 saturated carbocycles. The van der Waals surface area contributed by atoms with Crippen molar-refractivity contribution in [2.45, 2.75) is 12.5 Å². The molecule has 0 atom stereocenters. The Labute approximate surface area is 82.2 Å². The zero-order valence-electron chi connectivity index (χ0n) is 7.15. The molecule has 0 aliphatic heterocycles. The predicted molar refractivity (Wildman–Crippen MR) is 41.2 cm³/mol. The molecule has 0 aliphatic carbocycles. The molecule has 0 aromatic rings. The van der Waals surface area contributed by atoms with Crippen LogP contribution in [0, 0.1) is 0 Å².